The quantitative estimate of drug-likeness (QED) is 0.746. The Morgan fingerprint density at radius 1 is 1.06 bits per heavy atom. The highest BCUT2D eigenvalue weighted by Gasteiger charge is 2.51. The molecule has 4 bridgehead atoms. The monoisotopic (exact) mass is 249 g/mol. The number of likely N-dealkylation sites (N-methyl/N-ethyl adjacent to an activating group) is 1. The van der Waals surface area contributed by atoms with E-state index in [9.17, 15) is 0 Å². The smallest absolute Gasteiger partial charge is 0.0707 e. The van der Waals surface area contributed by atoms with Crippen LogP contribution in [0.15, 0.2) is 0 Å². The van der Waals surface area contributed by atoms with Gasteiger partial charge in [0, 0.05) is 13.1 Å². The van der Waals surface area contributed by atoms with Crippen molar-refractivity contribution in [1.29, 1.82) is 0 Å². The lowest BCUT2D eigenvalue weighted by atomic mass is 9.48. The van der Waals surface area contributed by atoms with Crippen molar-refractivity contribution in [2.75, 3.05) is 26.7 Å². The average molecular weight is 249 g/mol. The fraction of sp³-hybridized carbons (Fsp3) is 1.00. The molecule has 0 aromatic rings. The number of ether oxygens (including phenoxy) is 1. The van der Waals surface area contributed by atoms with Gasteiger partial charge >= 0.3 is 0 Å². The van der Waals surface area contributed by atoms with E-state index in [1.165, 1.54) is 32.2 Å². The van der Waals surface area contributed by atoms with E-state index in [-0.39, 0.29) is 0 Å². The van der Waals surface area contributed by atoms with Crippen LogP contribution in [0, 0.1) is 23.2 Å². The maximum atomic E-state index is 6.05. The first-order valence-electron chi connectivity index (χ1n) is 8.01. The van der Waals surface area contributed by atoms with E-state index in [1.807, 2.05) is 0 Å². The molecule has 1 aliphatic heterocycles. The molecule has 1 atom stereocenters. The van der Waals surface area contributed by atoms with E-state index < -0.39 is 0 Å². The highest BCUT2D eigenvalue weighted by molar-refractivity contribution is 5.02. The van der Waals surface area contributed by atoms with Gasteiger partial charge in [-0.05, 0) is 75.2 Å². The fourth-order valence-corrected chi connectivity index (χ4v) is 6.01. The SMILES string of the molecule is CN1CCOC(CC23CC4CC(CC(C4)C2)C3)C1. The molecule has 2 heteroatoms. The zero-order valence-electron chi connectivity index (χ0n) is 11.7. The third kappa shape index (κ3) is 2.02. The van der Waals surface area contributed by atoms with Crippen LogP contribution in [0.3, 0.4) is 0 Å². The van der Waals surface area contributed by atoms with E-state index in [1.54, 1.807) is 19.3 Å². The maximum absolute atomic E-state index is 6.05. The van der Waals surface area contributed by atoms with Crippen molar-refractivity contribution in [3.8, 4) is 0 Å². The molecule has 0 aromatic carbocycles. The Balaban J connectivity index is 1.47. The van der Waals surface area contributed by atoms with Crippen molar-refractivity contribution in [2.45, 2.75) is 51.0 Å². The van der Waals surface area contributed by atoms with Crippen molar-refractivity contribution in [3.05, 3.63) is 0 Å². The predicted octanol–water partition coefficient (Wildman–Crippen LogP) is 2.92. The van der Waals surface area contributed by atoms with Crippen molar-refractivity contribution < 1.29 is 4.74 Å². The first-order valence-corrected chi connectivity index (χ1v) is 8.01. The lowest BCUT2D eigenvalue weighted by Gasteiger charge is -2.58. The van der Waals surface area contributed by atoms with E-state index >= 15 is 0 Å². The molecule has 1 unspecified atom stereocenters. The number of hydrogen-bond acceptors (Lipinski definition) is 2. The molecule has 0 spiro atoms. The van der Waals surface area contributed by atoms with Crippen molar-refractivity contribution in [3.63, 3.8) is 0 Å². The minimum Gasteiger partial charge on any atom is -0.376 e. The summed E-state index contributed by atoms with van der Waals surface area (Å²) in [4.78, 5) is 2.45. The standard InChI is InChI=1S/C16H27NO/c1-17-2-3-18-15(11-17)10-16-7-12-4-13(8-16)6-14(5-12)9-16/h12-15H,2-11H2,1H3. The van der Waals surface area contributed by atoms with E-state index in [0.717, 1.165) is 30.9 Å². The minimum absolute atomic E-state index is 0.528. The normalized spacial score (nSPS) is 51.8. The second kappa shape index (κ2) is 4.21. The Bertz CT molecular complexity index is 292. The van der Waals surface area contributed by atoms with Gasteiger partial charge in [-0.25, -0.2) is 0 Å². The Morgan fingerprint density at radius 3 is 2.22 bits per heavy atom. The Morgan fingerprint density at radius 2 is 1.67 bits per heavy atom. The van der Waals surface area contributed by atoms with Crippen LogP contribution in [-0.4, -0.2) is 37.7 Å². The summed E-state index contributed by atoms with van der Waals surface area (Å²) in [5, 5.41) is 0. The zero-order chi connectivity index (χ0) is 12.2. The number of morpholine rings is 1. The Hall–Kier alpha value is -0.0800. The third-order valence-electron chi connectivity index (χ3n) is 6.17. The van der Waals surface area contributed by atoms with E-state index in [0.29, 0.717) is 11.5 Å². The zero-order valence-corrected chi connectivity index (χ0v) is 11.7. The maximum Gasteiger partial charge on any atom is 0.0707 e. The molecule has 1 heterocycles. The molecule has 4 saturated carbocycles. The molecule has 5 fully saturated rings. The van der Waals surface area contributed by atoms with Gasteiger partial charge in [0.2, 0.25) is 0 Å². The van der Waals surface area contributed by atoms with Crippen LogP contribution in [0.4, 0.5) is 0 Å². The van der Waals surface area contributed by atoms with Gasteiger partial charge in [-0.1, -0.05) is 0 Å². The van der Waals surface area contributed by atoms with Crippen LogP contribution in [0.25, 0.3) is 0 Å². The predicted molar refractivity (Wildman–Crippen MR) is 72.5 cm³/mol. The van der Waals surface area contributed by atoms with Crippen molar-refractivity contribution in [2.24, 2.45) is 23.2 Å². The van der Waals surface area contributed by atoms with Crippen LogP contribution in [0.1, 0.15) is 44.9 Å². The Labute approximate surface area is 111 Å². The fourth-order valence-electron chi connectivity index (χ4n) is 6.01. The summed E-state index contributed by atoms with van der Waals surface area (Å²) < 4.78 is 6.05. The topological polar surface area (TPSA) is 12.5 Å². The van der Waals surface area contributed by atoms with Crippen molar-refractivity contribution in [1.82, 2.24) is 4.90 Å². The van der Waals surface area contributed by atoms with E-state index in [4.69, 9.17) is 4.74 Å². The second-order valence-electron chi connectivity index (χ2n) is 7.88. The van der Waals surface area contributed by atoms with Gasteiger partial charge in [0.25, 0.3) is 0 Å². The molecule has 5 rings (SSSR count). The van der Waals surface area contributed by atoms with Gasteiger partial charge in [-0.2, -0.15) is 0 Å². The molecule has 4 aliphatic carbocycles. The molecule has 0 aromatic heterocycles. The highest BCUT2D eigenvalue weighted by Crippen LogP contribution is 2.61. The molecule has 2 nitrogen and oxygen atoms in total. The minimum atomic E-state index is 0.528. The molecule has 0 amide bonds. The lowest BCUT2D eigenvalue weighted by molar-refractivity contribution is -0.103. The first kappa shape index (κ1) is 11.7. The number of nitrogens with zero attached hydrogens (tertiary/aromatic N) is 1. The molecule has 0 N–H and O–H groups in total. The summed E-state index contributed by atoms with van der Waals surface area (Å²) in [7, 11) is 2.25. The van der Waals surface area contributed by atoms with E-state index in [2.05, 4.69) is 11.9 Å². The Kier molecular flexibility index (Phi) is 2.74. The second-order valence-corrected chi connectivity index (χ2v) is 7.88. The molecule has 18 heavy (non-hydrogen) atoms. The third-order valence-corrected chi connectivity index (χ3v) is 6.17. The molecule has 5 aliphatic rings. The summed E-state index contributed by atoms with van der Waals surface area (Å²) in [6.45, 7) is 3.24. The molecule has 102 valence electrons. The van der Waals surface area contributed by atoms with Crippen molar-refractivity contribution >= 4 is 0 Å². The van der Waals surface area contributed by atoms with Crippen LogP contribution >= 0.6 is 0 Å². The van der Waals surface area contributed by atoms with Crippen LogP contribution in [0.2, 0.25) is 0 Å². The lowest BCUT2D eigenvalue weighted by Crippen LogP contribution is -2.50. The molecular weight excluding hydrogens is 222 g/mol. The molecule has 1 saturated heterocycles. The van der Waals surface area contributed by atoms with Gasteiger partial charge in [0.05, 0.1) is 12.7 Å². The van der Waals surface area contributed by atoms with Crippen LogP contribution in [-0.2, 0) is 4.74 Å². The number of rotatable bonds is 2. The van der Waals surface area contributed by atoms with Gasteiger partial charge in [0.15, 0.2) is 0 Å². The van der Waals surface area contributed by atoms with Gasteiger partial charge in [0.1, 0.15) is 0 Å². The summed E-state index contributed by atoms with van der Waals surface area (Å²) in [5.41, 5.74) is 0.692. The van der Waals surface area contributed by atoms with Gasteiger partial charge < -0.3 is 9.64 Å². The van der Waals surface area contributed by atoms with Gasteiger partial charge in [-0.3, -0.25) is 0 Å². The molecule has 0 radical (unpaired) electrons. The number of hydrogen-bond donors (Lipinski definition) is 0. The van der Waals surface area contributed by atoms with Gasteiger partial charge in [-0.15, -0.1) is 0 Å². The summed E-state index contributed by atoms with van der Waals surface area (Å²) >= 11 is 0. The summed E-state index contributed by atoms with van der Waals surface area (Å²) in [6, 6.07) is 0. The van der Waals surface area contributed by atoms with Crippen LogP contribution < -0.4 is 0 Å². The molecular formula is C16H27NO. The first-order chi connectivity index (χ1) is 8.71. The summed E-state index contributed by atoms with van der Waals surface area (Å²) in [6.07, 6.45) is 11.2. The summed E-state index contributed by atoms with van der Waals surface area (Å²) in [5.74, 6) is 3.24. The average Bonchev–Trinajstić information content (AvgIpc) is 2.25. The van der Waals surface area contributed by atoms with Crippen LogP contribution in [0.5, 0.6) is 0 Å². The highest BCUT2D eigenvalue weighted by atomic mass is 16.5. The largest absolute Gasteiger partial charge is 0.376 e.